The summed E-state index contributed by atoms with van der Waals surface area (Å²) in [5.41, 5.74) is 2.75. The fourth-order valence-electron chi connectivity index (χ4n) is 2.73. The van der Waals surface area contributed by atoms with Gasteiger partial charge in [0.1, 0.15) is 5.75 Å². The van der Waals surface area contributed by atoms with E-state index in [1.165, 1.54) is 12.4 Å². The fraction of sp³-hybridized carbons (Fsp3) is 0.150. The van der Waals surface area contributed by atoms with Crippen molar-refractivity contribution in [2.24, 2.45) is 0 Å². The lowest BCUT2D eigenvalue weighted by molar-refractivity contribution is 0.102. The Morgan fingerprint density at radius 2 is 1.86 bits per heavy atom. The van der Waals surface area contributed by atoms with Gasteiger partial charge in [-0.25, -0.2) is 9.97 Å². The summed E-state index contributed by atoms with van der Waals surface area (Å²) in [6.07, 6.45) is 2.92. The molecule has 0 atom stereocenters. The molecule has 142 valence electrons. The number of hydrogen-bond donors (Lipinski definition) is 2. The number of aromatic nitrogens is 2. The number of nitrogens with one attached hydrogen (secondary N) is 2. The van der Waals surface area contributed by atoms with Crippen LogP contribution in [0.25, 0.3) is 0 Å². The van der Waals surface area contributed by atoms with Gasteiger partial charge in [0.05, 0.1) is 18.4 Å². The van der Waals surface area contributed by atoms with Crippen molar-refractivity contribution in [2.45, 2.75) is 6.92 Å². The third-order valence-electron chi connectivity index (χ3n) is 4.15. The lowest BCUT2D eigenvalue weighted by Crippen LogP contribution is -2.13. The van der Waals surface area contributed by atoms with Gasteiger partial charge in [-0.05, 0) is 36.8 Å². The number of rotatable bonds is 5. The smallest absolute Gasteiger partial charge is 0.258 e. The number of amides is 1. The molecule has 0 aliphatic carbocycles. The van der Waals surface area contributed by atoms with E-state index in [-0.39, 0.29) is 12.7 Å². The van der Waals surface area contributed by atoms with Crippen LogP contribution in [0, 0.1) is 6.92 Å². The second kappa shape index (κ2) is 7.43. The second-order valence-electron chi connectivity index (χ2n) is 6.15. The van der Waals surface area contributed by atoms with Gasteiger partial charge in [0, 0.05) is 24.1 Å². The van der Waals surface area contributed by atoms with Crippen molar-refractivity contribution in [3.63, 3.8) is 0 Å². The van der Waals surface area contributed by atoms with Crippen molar-refractivity contribution < 1.29 is 19.0 Å². The van der Waals surface area contributed by atoms with Crippen molar-refractivity contribution in [3.8, 4) is 17.2 Å². The Kier molecular flexibility index (Phi) is 4.67. The molecule has 1 aromatic heterocycles. The van der Waals surface area contributed by atoms with Crippen LogP contribution in [0.4, 0.5) is 17.3 Å². The zero-order chi connectivity index (χ0) is 19.5. The summed E-state index contributed by atoms with van der Waals surface area (Å²) in [7, 11) is 1.60. The molecule has 3 aromatic rings. The third-order valence-corrected chi connectivity index (χ3v) is 4.15. The van der Waals surface area contributed by atoms with Crippen LogP contribution in [0.1, 0.15) is 15.9 Å². The average Bonchev–Trinajstić information content (AvgIpc) is 3.16. The molecule has 2 heterocycles. The third kappa shape index (κ3) is 3.66. The molecule has 2 N–H and O–H groups in total. The number of aryl methyl sites for hydroxylation is 1. The summed E-state index contributed by atoms with van der Waals surface area (Å²) in [5.74, 6) is 1.98. The molecule has 2 aromatic carbocycles. The van der Waals surface area contributed by atoms with Crippen LogP contribution < -0.4 is 24.8 Å². The van der Waals surface area contributed by atoms with Gasteiger partial charge in [-0.2, -0.15) is 0 Å². The minimum Gasteiger partial charge on any atom is -0.495 e. The maximum Gasteiger partial charge on any atom is 0.258 e. The number of nitrogens with zero attached hydrogens (tertiary/aromatic N) is 2. The number of carbonyl (C=O) groups is 1. The highest BCUT2D eigenvalue weighted by atomic mass is 16.7. The zero-order valence-corrected chi connectivity index (χ0v) is 15.4. The highest BCUT2D eigenvalue weighted by Crippen LogP contribution is 2.34. The molecule has 1 amide bonds. The van der Waals surface area contributed by atoms with Crippen molar-refractivity contribution >= 4 is 23.2 Å². The number of benzene rings is 2. The molecule has 1 aliphatic rings. The lowest BCUT2D eigenvalue weighted by Gasteiger charge is -2.11. The molecular formula is C20H18N4O4. The van der Waals surface area contributed by atoms with Crippen LogP contribution in [0.2, 0.25) is 0 Å². The summed E-state index contributed by atoms with van der Waals surface area (Å²) in [5, 5.41) is 5.89. The minimum atomic E-state index is -0.321. The highest BCUT2D eigenvalue weighted by Gasteiger charge is 2.15. The van der Waals surface area contributed by atoms with Gasteiger partial charge >= 0.3 is 0 Å². The number of ether oxygens (including phenoxy) is 3. The van der Waals surface area contributed by atoms with E-state index in [4.69, 9.17) is 14.2 Å². The van der Waals surface area contributed by atoms with Crippen molar-refractivity contribution in [1.29, 1.82) is 0 Å². The summed E-state index contributed by atoms with van der Waals surface area (Å²) in [6, 6.07) is 11.0. The topological polar surface area (TPSA) is 94.6 Å². The first-order valence-corrected chi connectivity index (χ1v) is 8.57. The molecule has 1 aliphatic heterocycles. The van der Waals surface area contributed by atoms with Gasteiger partial charge < -0.3 is 24.8 Å². The van der Waals surface area contributed by atoms with E-state index < -0.39 is 0 Å². The predicted octanol–water partition coefficient (Wildman–Crippen LogP) is 3.52. The summed E-state index contributed by atoms with van der Waals surface area (Å²) in [4.78, 5) is 20.9. The molecular weight excluding hydrogens is 360 g/mol. The molecule has 0 fully saturated rings. The summed E-state index contributed by atoms with van der Waals surface area (Å²) >= 11 is 0. The number of anilines is 3. The van der Waals surface area contributed by atoms with Gasteiger partial charge in [0.15, 0.2) is 11.5 Å². The monoisotopic (exact) mass is 378 g/mol. The molecule has 0 saturated heterocycles. The first-order chi connectivity index (χ1) is 13.6. The van der Waals surface area contributed by atoms with Gasteiger partial charge in [-0.3, -0.25) is 4.79 Å². The Labute approximate surface area is 161 Å². The quantitative estimate of drug-likeness (QED) is 0.701. The zero-order valence-electron chi connectivity index (χ0n) is 15.4. The van der Waals surface area contributed by atoms with Crippen LogP contribution in [0.5, 0.6) is 17.2 Å². The van der Waals surface area contributed by atoms with E-state index in [1.54, 1.807) is 25.3 Å². The number of methoxy groups -OCH3 is 1. The Morgan fingerprint density at radius 3 is 2.64 bits per heavy atom. The SMILES string of the molecule is COc1ccc(C)cc1Nc1ncc(C(=O)Nc2ccc3c(c2)OCO3)cn1. The lowest BCUT2D eigenvalue weighted by atomic mass is 10.2. The molecule has 8 heteroatoms. The largest absolute Gasteiger partial charge is 0.495 e. The van der Waals surface area contributed by atoms with Crippen molar-refractivity contribution in [2.75, 3.05) is 24.5 Å². The van der Waals surface area contributed by atoms with E-state index in [9.17, 15) is 4.79 Å². The first kappa shape index (κ1) is 17.6. The molecule has 0 radical (unpaired) electrons. The number of fused-ring (bicyclic) bond motifs is 1. The highest BCUT2D eigenvalue weighted by molar-refractivity contribution is 6.04. The van der Waals surface area contributed by atoms with Crippen LogP contribution in [-0.2, 0) is 0 Å². The van der Waals surface area contributed by atoms with Gasteiger partial charge in [-0.15, -0.1) is 0 Å². The van der Waals surface area contributed by atoms with Crippen molar-refractivity contribution in [3.05, 3.63) is 59.9 Å². The van der Waals surface area contributed by atoms with E-state index in [0.717, 1.165) is 11.3 Å². The first-order valence-electron chi connectivity index (χ1n) is 8.57. The standard InChI is InChI=1S/C20H18N4O4/c1-12-3-5-16(26-2)15(7-12)24-20-21-9-13(10-22-20)19(25)23-14-4-6-17-18(8-14)28-11-27-17/h3-10H,11H2,1-2H3,(H,23,25)(H,21,22,24). The average molecular weight is 378 g/mol. The van der Waals surface area contributed by atoms with Gasteiger partial charge in [0.25, 0.3) is 5.91 Å². The van der Waals surface area contributed by atoms with E-state index in [0.29, 0.717) is 34.4 Å². The molecule has 28 heavy (non-hydrogen) atoms. The molecule has 0 bridgehead atoms. The van der Waals surface area contributed by atoms with E-state index in [1.807, 2.05) is 25.1 Å². The summed E-state index contributed by atoms with van der Waals surface area (Å²) < 4.78 is 15.9. The maximum absolute atomic E-state index is 12.4. The van der Waals surface area contributed by atoms with Gasteiger partial charge in [-0.1, -0.05) is 6.07 Å². The Hall–Kier alpha value is -3.81. The maximum atomic E-state index is 12.4. The van der Waals surface area contributed by atoms with Gasteiger partial charge in [0.2, 0.25) is 12.7 Å². The number of hydrogen-bond acceptors (Lipinski definition) is 7. The summed E-state index contributed by atoms with van der Waals surface area (Å²) in [6.45, 7) is 2.16. The molecule has 8 nitrogen and oxygen atoms in total. The Bertz CT molecular complexity index is 1020. The van der Waals surface area contributed by atoms with Crippen LogP contribution in [-0.4, -0.2) is 29.8 Å². The van der Waals surface area contributed by atoms with Crippen LogP contribution in [0.15, 0.2) is 48.8 Å². The van der Waals surface area contributed by atoms with E-state index in [2.05, 4.69) is 20.6 Å². The Balaban J connectivity index is 1.46. The van der Waals surface area contributed by atoms with Crippen LogP contribution >= 0.6 is 0 Å². The normalized spacial score (nSPS) is 11.8. The predicted molar refractivity (Wildman–Crippen MR) is 104 cm³/mol. The molecule has 0 unspecified atom stereocenters. The Morgan fingerprint density at radius 1 is 1.07 bits per heavy atom. The number of carbonyl (C=O) groups excluding carboxylic acids is 1. The minimum absolute atomic E-state index is 0.181. The van der Waals surface area contributed by atoms with Crippen molar-refractivity contribution in [1.82, 2.24) is 9.97 Å². The molecule has 0 spiro atoms. The second-order valence-corrected chi connectivity index (χ2v) is 6.15. The fourth-order valence-corrected chi connectivity index (χ4v) is 2.73. The van der Waals surface area contributed by atoms with E-state index >= 15 is 0 Å². The van der Waals surface area contributed by atoms with Crippen LogP contribution in [0.3, 0.4) is 0 Å². The molecule has 0 saturated carbocycles. The molecule has 4 rings (SSSR count).